The second-order valence-electron chi connectivity index (χ2n) is 12.5. The molecule has 0 atom stereocenters. The van der Waals surface area contributed by atoms with Gasteiger partial charge in [-0.2, -0.15) is 0 Å². The van der Waals surface area contributed by atoms with Gasteiger partial charge in [0.15, 0.2) is 0 Å². The highest BCUT2D eigenvalue weighted by Crippen LogP contribution is 2.22. The van der Waals surface area contributed by atoms with Gasteiger partial charge in [0.25, 0.3) is 0 Å². The van der Waals surface area contributed by atoms with Gasteiger partial charge < -0.3 is 54.3 Å². The van der Waals surface area contributed by atoms with Gasteiger partial charge >= 0.3 is 35.2 Å². The fourth-order valence-electron chi connectivity index (χ4n) is 5.67. The van der Waals surface area contributed by atoms with Crippen molar-refractivity contribution in [3.8, 4) is 0 Å². The average Bonchev–Trinajstić information content (AvgIpc) is 3.27. The molecule has 0 heterocycles. The fraction of sp³-hybridized carbons (Fsp3) is 0.300. The Morgan fingerprint density at radius 1 is 0.452 bits per heavy atom. The molecular formula is C40H56N4O14Si4. The van der Waals surface area contributed by atoms with Crippen molar-refractivity contribution in [3.63, 3.8) is 0 Å². The van der Waals surface area contributed by atoms with Crippen molar-refractivity contribution < 1.29 is 62.8 Å². The smallest absolute Gasteiger partial charge is 0.374 e. The van der Waals surface area contributed by atoms with E-state index in [1.807, 2.05) is 80.6 Å². The number of amides is 2. The number of carbonyl (C=O) groups is 2. The van der Waals surface area contributed by atoms with Gasteiger partial charge in [-0.05, 0) is 38.1 Å². The lowest BCUT2D eigenvalue weighted by Gasteiger charge is -2.35. The molecule has 0 unspecified atom stereocenters. The van der Waals surface area contributed by atoms with Crippen molar-refractivity contribution >= 4 is 91.3 Å². The maximum atomic E-state index is 11.4. The zero-order valence-electron chi connectivity index (χ0n) is 37.0. The van der Waals surface area contributed by atoms with Crippen LogP contribution in [0, 0.1) is 24.7 Å². The van der Waals surface area contributed by atoms with Gasteiger partial charge in [-0.15, -0.1) is 0 Å². The number of aryl methyl sites for hydroxylation is 2. The van der Waals surface area contributed by atoms with Crippen molar-refractivity contribution in [1.29, 1.82) is 10.8 Å². The third kappa shape index (κ3) is 15.1. The van der Waals surface area contributed by atoms with Crippen LogP contribution in [0.25, 0.3) is 0 Å². The minimum atomic E-state index is -3.42. The number of carbonyl (C=O) groups excluding carboxylic acids is 4. The predicted octanol–water partition coefficient (Wildman–Crippen LogP) is 2.90. The molecule has 4 aromatic rings. The molecular weight excluding hydrogens is 873 g/mol. The predicted molar refractivity (Wildman–Crippen MR) is 240 cm³/mol. The van der Waals surface area contributed by atoms with Crippen molar-refractivity contribution in [1.82, 2.24) is 0 Å². The minimum Gasteiger partial charge on any atom is -0.374 e. The Bertz CT molecular complexity index is 2020. The van der Waals surface area contributed by atoms with E-state index in [-0.39, 0.29) is 11.8 Å². The van der Waals surface area contributed by atoms with Crippen LogP contribution in [0.5, 0.6) is 0 Å². The summed E-state index contributed by atoms with van der Waals surface area (Å²) in [5, 5.41) is 19.3. The van der Waals surface area contributed by atoms with Crippen LogP contribution < -0.4 is 31.4 Å². The van der Waals surface area contributed by atoms with Gasteiger partial charge in [0, 0.05) is 103 Å². The van der Waals surface area contributed by atoms with E-state index in [1.54, 1.807) is 58.8 Å². The van der Waals surface area contributed by atoms with Crippen LogP contribution in [0.4, 0.5) is 11.4 Å². The van der Waals surface area contributed by atoms with Crippen LogP contribution in [-0.2, 0) is 62.8 Å². The third-order valence-corrected chi connectivity index (χ3v) is 21.3. The second kappa shape index (κ2) is 27.2. The highest BCUT2D eigenvalue weighted by atomic mass is 28.5. The molecule has 0 spiro atoms. The maximum absolute atomic E-state index is 11.4. The number of hydrogen-bond acceptors (Lipinski definition) is 16. The SMILES string of the molecule is CO[Si](OC)(O[Si](OC)(OC)c1ccc(NC(C)=O)cc1)c1ccc(C)cc1.CO[Si](OC)(O[Si](OC)(OC)c1cccc(NC(C)=O)c1)c1ccc(C)cc1.N=C=O.N=C=O. The largest absolute Gasteiger partial charge is 0.529 e. The molecule has 22 heteroatoms. The van der Waals surface area contributed by atoms with Crippen molar-refractivity contribution in [2.75, 3.05) is 67.5 Å². The summed E-state index contributed by atoms with van der Waals surface area (Å²) in [7, 11) is -1.06. The molecule has 4 rings (SSSR count). The Labute approximate surface area is 367 Å². The van der Waals surface area contributed by atoms with Crippen LogP contribution in [0.3, 0.4) is 0 Å². The first-order valence-electron chi connectivity index (χ1n) is 18.3. The molecule has 0 aliphatic carbocycles. The van der Waals surface area contributed by atoms with Gasteiger partial charge in [0.05, 0.1) is 0 Å². The van der Waals surface area contributed by atoms with E-state index in [1.165, 1.54) is 42.3 Å². The summed E-state index contributed by atoms with van der Waals surface area (Å²) in [4.78, 5) is 39.4. The zero-order chi connectivity index (χ0) is 47.0. The Kier molecular flexibility index (Phi) is 24.1. The summed E-state index contributed by atoms with van der Waals surface area (Å²) in [6, 6.07) is 30.0. The monoisotopic (exact) mass is 928 g/mol. The lowest BCUT2D eigenvalue weighted by atomic mass is 10.2. The van der Waals surface area contributed by atoms with Gasteiger partial charge in [-0.3, -0.25) is 9.59 Å². The summed E-state index contributed by atoms with van der Waals surface area (Å²) in [6.07, 6.45) is 1.50. The highest BCUT2D eigenvalue weighted by Gasteiger charge is 2.56. The first kappa shape index (κ1) is 55.1. The fourth-order valence-corrected chi connectivity index (χ4v) is 18.0. The maximum Gasteiger partial charge on any atom is 0.529 e. The molecule has 0 saturated heterocycles. The summed E-state index contributed by atoms with van der Waals surface area (Å²) < 4.78 is 59.2. The molecule has 0 aromatic heterocycles. The van der Waals surface area contributed by atoms with Crippen LogP contribution in [0.1, 0.15) is 25.0 Å². The van der Waals surface area contributed by atoms with Crippen molar-refractivity contribution in [3.05, 3.63) is 108 Å². The Hall–Kier alpha value is -4.95. The van der Waals surface area contributed by atoms with E-state index in [4.69, 9.17) is 64.0 Å². The first-order valence-corrected chi connectivity index (χ1v) is 25.2. The van der Waals surface area contributed by atoms with Crippen molar-refractivity contribution in [2.24, 2.45) is 0 Å². The number of isocyanates is 2. The minimum absolute atomic E-state index is 0.143. The topological polar surface area (TPSA) is 232 Å². The van der Waals surface area contributed by atoms with Crippen LogP contribution in [0.15, 0.2) is 97.1 Å². The Balaban J connectivity index is 0.000000550. The lowest BCUT2D eigenvalue weighted by molar-refractivity contribution is -0.115. The first-order chi connectivity index (χ1) is 29.5. The molecule has 18 nitrogen and oxygen atoms in total. The molecule has 4 aromatic carbocycles. The van der Waals surface area contributed by atoms with E-state index in [0.29, 0.717) is 16.6 Å². The number of hydrogen-bond donors (Lipinski definition) is 4. The second-order valence-corrected chi connectivity index (χ2v) is 24.2. The number of anilines is 2. The molecule has 4 N–H and O–H groups in total. The van der Waals surface area contributed by atoms with Gasteiger partial charge in [-0.1, -0.05) is 83.9 Å². The quantitative estimate of drug-likeness (QED) is 0.0639. The number of benzene rings is 4. The molecule has 0 saturated carbocycles. The number of rotatable bonds is 18. The number of nitrogens with one attached hydrogen (secondary N) is 4. The average molecular weight is 929 g/mol. The van der Waals surface area contributed by atoms with E-state index in [0.717, 1.165) is 38.8 Å². The summed E-state index contributed by atoms with van der Waals surface area (Å²) >= 11 is 0. The van der Waals surface area contributed by atoms with Crippen molar-refractivity contribution in [2.45, 2.75) is 27.7 Å². The summed E-state index contributed by atoms with van der Waals surface area (Å²) in [5.41, 5.74) is 3.53. The van der Waals surface area contributed by atoms with Crippen LogP contribution >= 0.6 is 0 Å². The van der Waals surface area contributed by atoms with E-state index in [2.05, 4.69) is 10.6 Å². The Morgan fingerprint density at radius 2 is 0.726 bits per heavy atom. The molecule has 0 radical (unpaired) electrons. The van der Waals surface area contributed by atoms with Gasteiger partial charge in [0.2, 0.25) is 24.0 Å². The molecule has 0 aliphatic rings. The molecule has 336 valence electrons. The van der Waals surface area contributed by atoms with Crippen LogP contribution in [0.2, 0.25) is 0 Å². The van der Waals surface area contributed by atoms with E-state index < -0.39 is 35.2 Å². The molecule has 0 fully saturated rings. The van der Waals surface area contributed by atoms with Crippen LogP contribution in [-0.4, -0.2) is 116 Å². The zero-order valence-corrected chi connectivity index (χ0v) is 41.0. The molecule has 62 heavy (non-hydrogen) atoms. The standard InChI is InChI=1S/2C19H27NO6Si2.2CHNO/c1-15-7-11-18(12-8-15)27(22-3,23-4)26-28(24-5,25-6)19-13-9-17(10-14-19)20-16(2)21;1-15-10-12-18(13-11-15)27(22-3,23-4)26-28(24-5,25-6)19-9-7-8-17(14-19)20-16(2)21;2*2-1-3/h2*7-14H,1-6H3,(H,20,21);2*2H. The van der Waals surface area contributed by atoms with Gasteiger partial charge in [-0.25, -0.2) is 20.4 Å². The summed E-state index contributed by atoms with van der Waals surface area (Å²) in [5.74, 6) is -0.312. The van der Waals surface area contributed by atoms with E-state index in [9.17, 15) is 9.59 Å². The highest BCUT2D eigenvalue weighted by molar-refractivity contribution is 6.89. The molecule has 0 bridgehead atoms. The third-order valence-electron chi connectivity index (χ3n) is 8.59. The summed E-state index contributed by atoms with van der Waals surface area (Å²) in [6.45, 7) is 6.92. The molecule has 0 aliphatic heterocycles. The van der Waals surface area contributed by atoms with Gasteiger partial charge in [0.1, 0.15) is 0 Å². The lowest BCUT2D eigenvalue weighted by Crippen LogP contribution is -2.68. The molecule has 2 amide bonds. The normalized spacial score (nSPS) is 11.2. The van der Waals surface area contributed by atoms with E-state index >= 15 is 0 Å². The Morgan fingerprint density at radius 3 is 1.02 bits per heavy atom.